The van der Waals surface area contributed by atoms with E-state index >= 15 is 0 Å². The number of carbonyl (C=O) groups is 3. The molecule has 450 valence electrons. The number of allylic oxidation sites excluding steroid dienone is 13. The molecule has 6 aliphatic rings. The Morgan fingerprint density at radius 3 is 1.94 bits per heavy atom. The minimum absolute atomic E-state index is 0.0547. The molecular formula is C76H94N6O4+2. The van der Waals surface area contributed by atoms with E-state index in [1.165, 1.54) is 61.9 Å². The molecule has 0 saturated heterocycles. The van der Waals surface area contributed by atoms with E-state index in [2.05, 4.69) is 227 Å². The number of aliphatic carboxylic acids is 1. The number of amides is 1. The molecule has 4 aromatic rings. The van der Waals surface area contributed by atoms with E-state index in [-0.39, 0.29) is 40.0 Å². The first kappa shape index (κ1) is 61.5. The number of carbonyl (C=O) groups excluding carboxylic acids is 2. The predicted molar refractivity (Wildman–Crippen MR) is 354 cm³/mol. The number of hydrogen-bond acceptors (Lipinski definition) is 6. The molecule has 4 aromatic carbocycles. The predicted octanol–water partition coefficient (Wildman–Crippen LogP) is 15.4. The van der Waals surface area contributed by atoms with Crippen LogP contribution in [0.25, 0.3) is 0 Å². The molecule has 10 nitrogen and oxygen atoms in total. The number of benzene rings is 4. The maximum absolute atomic E-state index is 13.7. The van der Waals surface area contributed by atoms with Crippen LogP contribution in [-0.2, 0) is 36.0 Å². The monoisotopic (exact) mass is 1150 g/mol. The number of para-hydroxylation sites is 4. The van der Waals surface area contributed by atoms with Crippen LogP contribution < -0.4 is 20.4 Å². The number of anilines is 2. The van der Waals surface area contributed by atoms with E-state index in [0.717, 1.165) is 93.5 Å². The van der Waals surface area contributed by atoms with Crippen LogP contribution in [0.5, 0.6) is 0 Å². The number of ketones is 1. The molecule has 1 fully saturated rings. The van der Waals surface area contributed by atoms with Crippen LogP contribution in [0.3, 0.4) is 0 Å². The van der Waals surface area contributed by atoms with Gasteiger partial charge >= 0.3 is 5.97 Å². The van der Waals surface area contributed by atoms with Crippen LogP contribution in [0.1, 0.15) is 168 Å². The summed E-state index contributed by atoms with van der Waals surface area (Å²) in [5, 5.41) is 16.9. The minimum Gasteiger partial charge on any atom is -0.481 e. The van der Waals surface area contributed by atoms with Gasteiger partial charge in [-0.1, -0.05) is 137 Å². The second kappa shape index (κ2) is 25.8. The molecule has 0 radical (unpaired) electrons. The zero-order chi connectivity index (χ0) is 61.0. The first-order valence-electron chi connectivity index (χ1n) is 32.0. The lowest BCUT2D eigenvalue weighted by atomic mass is 9.81. The van der Waals surface area contributed by atoms with Gasteiger partial charge in [-0.05, 0) is 138 Å². The summed E-state index contributed by atoms with van der Waals surface area (Å²) < 4.78 is 4.50. The van der Waals surface area contributed by atoms with E-state index in [1.807, 2.05) is 24.3 Å². The number of Topliss-reactive ketones (excluding diaryl/α,β-unsaturated/α-hetero) is 1. The smallest absolute Gasteiger partial charge is 0.309 e. The number of unbranched alkanes of at least 4 members (excludes halogenated alkanes) is 2. The Hall–Kier alpha value is -7.59. The summed E-state index contributed by atoms with van der Waals surface area (Å²) in [6.45, 7) is 20.1. The quantitative estimate of drug-likeness (QED) is 0.0409. The van der Waals surface area contributed by atoms with Crippen LogP contribution in [0.4, 0.5) is 22.7 Å². The zero-order valence-electron chi connectivity index (χ0n) is 53.1. The molecule has 3 N–H and O–H groups in total. The highest BCUT2D eigenvalue weighted by atomic mass is 16.4. The zero-order valence-corrected chi connectivity index (χ0v) is 53.1. The molecule has 10 heteroatoms. The summed E-state index contributed by atoms with van der Waals surface area (Å²) in [6, 6.07) is 34.5. The Kier molecular flexibility index (Phi) is 18.4. The van der Waals surface area contributed by atoms with Gasteiger partial charge in [0, 0.05) is 120 Å². The number of fused-ring (bicyclic) bond motifs is 4. The van der Waals surface area contributed by atoms with Gasteiger partial charge in [-0.25, -0.2) is 0 Å². The molecule has 0 bridgehead atoms. The summed E-state index contributed by atoms with van der Waals surface area (Å²) >= 11 is 0. The van der Waals surface area contributed by atoms with Crippen molar-refractivity contribution in [3.8, 4) is 0 Å². The third-order valence-corrected chi connectivity index (χ3v) is 19.9. The number of nitrogens with zero attached hydrogens (tertiary/aromatic N) is 4. The first-order chi connectivity index (χ1) is 41.2. The number of likely N-dealkylation sites (N-methyl/N-ethyl adjacent to an activating group) is 1. The molecule has 0 spiro atoms. The average molecular weight is 1160 g/mol. The van der Waals surface area contributed by atoms with Gasteiger partial charge in [0.2, 0.25) is 17.3 Å². The summed E-state index contributed by atoms with van der Waals surface area (Å²) in [6.07, 6.45) is 31.4. The van der Waals surface area contributed by atoms with Gasteiger partial charge in [-0.3, -0.25) is 14.4 Å². The van der Waals surface area contributed by atoms with Crippen LogP contribution in [0.15, 0.2) is 180 Å². The third kappa shape index (κ3) is 12.6. The molecular weight excluding hydrogens is 1060 g/mol. The fourth-order valence-electron chi connectivity index (χ4n) is 15.1. The Labute approximate surface area is 513 Å². The highest BCUT2D eigenvalue weighted by Crippen LogP contribution is 2.49. The first-order valence-corrected chi connectivity index (χ1v) is 32.0. The molecule has 4 aliphatic heterocycles. The van der Waals surface area contributed by atoms with Crippen molar-refractivity contribution in [3.63, 3.8) is 0 Å². The number of carboxylic acid groups (broad SMARTS) is 1. The molecule has 1 amide bonds. The summed E-state index contributed by atoms with van der Waals surface area (Å²) in [5.74, 6) is 0.00806. The molecule has 10 rings (SSSR count). The number of carboxylic acids is 1. The van der Waals surface area contributed by atoms with Gasteiger partial charge in [0.25, 0.3) is 0 Å². The Bertz CT molecular complexity index is 3550. The van der Waals surface area contributed by atoms with Crippen molar-refractivity contribution < 1.29 is 28.6 Å². The summed E-state index contributed by atoms with van der Waals surface area (Å²) in [5.41, 5.74) is 18.0. The van der Waals surface area contributed by atoms with Crippen LogP contribution in [-0.4, -0.2) is 83.1 Å². The highest BCUT2D eigenvalue weighted by Gasteiger charge is 2.45. The largest absolute Gasteiger partial charge is 0.481 e. The normalized spacial score (nSPS) is 22.3. The van der Waals surface area contributed by atoms with E-state index in [4.69, 9.17) is 0 Å². The van der Waals surface area contributed by atoms with Gasteiger partial charge in [-0.2, -0.15) is 9.15 Å². The average Bonchev–Trinajstić information content (AvgIpc) is 1.77. The number of nitrogens with one attached hydrogen (secondary N) is 2. The second-order valence-corrected chi connectivity index (χ2v) is 27.0. The van der Waals surface area contributed by atoms with Crippen molar-refractivity contribution in [2.75, 3.05) is 43.5 Å². The topological polar surface area (TPSA) is 108 Å². The third-order valence-electron chi connectivity index (χ3n) is 19.9. The van der Waals surface area contributed by atoms with Gasteiger partial charge < -0.3 is 25.5 Å². The van der Waals surface area contributed by atoms with E-state index in [9.17, 15) is 19.5 Å². The fourth-order valence-corrected chi connectivity index (χ4v) is 15.1. The maximum Gasteiger partial charge on any atom is 0.309 e. The molecule has 0 aromatic heterocycles. The van der Waals surface area contributed by atoms with Gasteiger partial charge in [0.1, 0.15) is 19.3 Å². The molecule has 0 atom stereocenters. The highest BCUT2D eigenvalue weighted by molar-refractivity contribution is 6.04. The lowest BCUT2D eigenvalue weighted by molar-refractivity contribution is -0.436. The molecule has 86 heavy (non-hydrogen) atoms. The van der Waals surface area contributed by atoms with Gasteiger partial charge in [-0.15, -0.1) is 0 Å². The van der Waals surface area contributed by atoms with E-state index in [0.29, 0.717) is 44.1 Å². The van der Waals surface area contributed by atoms with Crippen molar-refractivity contribution in [2.24, 2.45) is 5.92 Å². The Balaban J connectivity index is 0.699. The molecule has 4 heterocycles. The Morgan fingerprint density at radius 2 is 1.24 bits per heavy atom. The lowest BCUT2D eigenvalue weighted by Crippen LogP contribution is -2.39. The standard InChI is InChI=1S/C76H92N6O4/c1-73(2)58-29-16-20-33-62(58)79(9)66(73)45-41-54-26-25-27-55(42-46-67-74(3,4)59-30-17-21-34-63(59)80(67)10)72(54)77-49-24-12-13-28-57(83)52-53-39-43-56(44-40-53)78-70(84)47-50-81-64-35-22-18-31-60(64)75(5,6)68(81)37-14-11-15-38-69-76(7,8)61-32-19-23-36-65(61)82(69)51-48-71(85)86/h11,14-23,29-38,41-42,45-46,53,56H,12-13,24-28,39-40,43-44,47-52H2,1-10H3,(H-,78,84,85,86)/p+2/b54-41+,66-45+. The second-order valence-electron chi connectivity index (χ2n) is 27.0. The van der Waals surface area contributed by atoms with Crippen LogP contribution >= 0.6 is 0 Å². The van der Waals surface area contributed by atoms with Crippen molar-refractivity contribution in [1.29, 1.82) is 0 Å². The van der Waals surface area contributed by atoms with Crippen LogP contribution in [0, 0.1) is 5.92 Å². The summed E-state index contributed by atoms with van der Waals surface area (Å²) in [4.78, 5) is 43.4. The SMILES string of the molecule is CN1/C(=C/C=C2\CCCC(/C=C/C3=[N+](C)c4ccccc4C3(C)C)=C2NCCCCCC(=O)CC2CCC(NC(=O)CCN3/C(=C/C=C/C=C/C4=[N+](CCC(=O)O)c5ccccc5C4(C)C)C(C)(C)c4ccccc43)CC2)C(C)(C)c2ccccc21. The fraction of sp³-hybridized carbons (Fsp3) is 0.434. The minimum atomic E-state index is -0.811. The summed E-state index contributed by atoms with van der Waals surface area (Å²) in [7, 11) is 4.39. The van der Waals surface area contributed by atoms with Crippen molar-refractivity contribution >= 4 is 51.8 Å². The van der Waals surface area contributed by atoms with Crippen molar-refractivity contribution in [1.82, 2.24) is 10.6 Å². The van der Waals surface area contributed by atoms with E-state index in [1.54, 1.807) is 0 Å². The van der Waals surface area contributed by atoms with Crippen molar-refractivity contribution in [2.45, 2.75) is 173 Å². The molecule has 1 saturated carbocycles. The van der Waals surface area contributed by atoms with Crippen LogP contribution in [0.2, 0.25) is 0 Å². The molecule has 2 aliphatic carbocycles. The number of rotatable bonds is 22. The van der Waals surface area contributed by atoms with Crippen molar-refractivity contribution in [3.05, 3.63) is 202 Å². The maximum atomic E-state index is 13.7. The van der Waals surface area contributed by atoms with Gasteiger partial charge in [0.15, 0.2) is 18.0 Å². The van der Waals surface area contributed by atoms with Gasteiger partial charge in [0.05, 0.1) is 10.8 Å². The van der Waals surface area contributed by atoms with E-state index < -0.39 is 5.97 Å². The molecule has 0 unspecified atom stereocenters. The lowest BCUT2D eigenvalue weighted by Gasteiger charge is -2.30. The number of hydrogen-bond donors (Lipinski definition) is 3. The Morgan fingerprint density at radius 1 is 0.616 bits per heavy atom.